The van der Waals surface area contributed by atoms with Crippen LogP contribution in [0.3, 0.4) is 0 Å². The number of ether oxygens (including phenoxy) is 1. The first kappa shape index (κ1) is 43.0. The standard InChI is InChI=1S/C39H51N4O10P/c1-5-27-12-16-30(17-13-27)52-54(50,53-31-18-14-28(6-2)15-19-31)35(22-21-34(40)44)43-38(48)33(24-26(3)4)41-37(47)32(20-23-36(45)46)42-39(49)51-25-29-10-8-7-9-11-29/h7-19,26,32-33,35H,5-6,20-25H2,1-4H3,(H2,40,44)(H,41,47)(H,42,49)(H,43,48)(H,45,46). The number of benzene rings is 3. The number of aryl methyl sites for hydroxylation is 2. The Hall–Kier alpha value is -5.36. The van der Waals surface area contributed by atoms with Crippen molar-refractivity contribution in [2.45, 2.75) is 97.1 Å². The highest BCUT2D eigenvalue weighted by Crippen LogP contribution is 2.53. The lowest BCUT2D eigenvalue weighted by Crippen LogP contribution is -2.55. The second-order valence-electron chi connectivity index (χ2n) is 13.1. The molecule has 0 aromatic heterocycles. The Labute approximate surface area is 316 Å². The zero-order chi connectivity index (χ0) is 39.7. The fourth-order valence-corrected chi connectivity index (χ4v) is 7.14. The van der Waals surface area contributed by atoms with Crippen molar-refractivity contribution < 1.29 is 47.4 Å². The van der Waals surface area contributed by atoms with Crippen molar-refractivity contribution >= 4 is 37.4 Å². The van der Waals surface area contributed by atoms with Crippen LogP contribution in [0.2, 0.25) is 0 Å². The van der Waals surface area contributed by atoms with E-state index in [-0.39, 0.29) is 49.7 Å². The fourth-order valence-electron chi connectivity index (χ4n) is 5.28. The molecule has 0 bridgehead atoms. The summed E-state index contributed by atoms with van der Waals surface area (Å²) in [5.74, 6) is -4.75. The zero-order valence-electron chi connectivity index (χ0n) is 31.1. The summed E-state index contributed by atoms with van der Waals surface area (Å²) >= 11 is 0. The maximum absolute atomic E-state index is 14.9. The molecule has 0 aliphatic heterocycles. The first-order valence-electron chi connectivity index (χ1n) is 18.0. The Morgan fingerprint density at radius 1 is 0.704 bits per heavy atom. The van der Waals surface area contributed by atoms with E-state index >= 15 is 0 Å². The van der Waals surface area contributed by atoms with Gasteiger partial charge in [-0.25, -0.2) is 9.36 Å². The van der Waals surface area contributed by atoms with Gasteiger partial charge in [0.05, 0.1) is 0 Å². The highest BCUT2D eigenvalue weighted by molar-refractivity contribution is 7.55. The summed E-state index contributed by atoms with van der Waals surface area (Å²) in [6.45, 7) is 7.49. The molecule has 54 heavy (non-hydrogen) atoms. The quantitative estimate of drug-likeness (QED) is 0.0769. The van der Waals surface area contributed by atoms with E-state index in [1.165, 1.54) is 0 Å². The Kier molecular flexibility index (Phi) is 17.0. The highest BCUT2D eigenvalue weighted by Gasteiger charge is 2.42. The van der Waals surface area contributed by atoms with Crippen LogP contribution in [0.4, 0.5) is 4.79 Å². The zero-order valence-corrected chi connectivity index (χ0v) is 32.0. The summed E-state index contributed by atoms with van der Waals surface area (Å²) < 4.78 is 32.2. The summed E-state index contributed by atoms with van der Waals surface area (Å²) in [7, 11) is -4.42. The number of hydrogen-bond acceptors (Lipinski definition) is 9. The van der Waals surface area contributed by atoms with Crippen LogP contribution in [0.25, 0.3) is 0 Å². The van der Waals surface area contributed by atoms with Crippen molar-refractivity contribution in [2.24, 2.45) is 11.7 Å². The molecule has 0 aliphatic rings. The summed E-state index contributed by atoms with van der Waals surface area (Å²) in [5, 5.41) is 17.0. The molecule has 3 rings (SSSR count). The topological polar surface area (TPSA) is 212 Å². The van der Waals surface area contributed by atoms with Gasteiger partial charge in [0.15, 0.2) is 5.78 Å². The highest BCUT2D eigenvalue weighted by atomic mass is 31.2. The van der Waals surface area contributed by atoms with Gasteiger partial charge in [0.1, 0.15) is 30.2 Å². The molecule has 292 valence electrons. The second kappa shape index (κ2) is 21.4. The van der Waals surface area contributed by atoms with Crippen LogP contribution in [0.15, 0.2) is 78.9 Å². The number of alkyl carbamates (subject to hydrolysis) is 1. The van der Waals surface area contributed by atoms with Gasteiger partial charge >= 0.3 is 19.7 Å². The first-order valence-corrected chi connectivity index (χ1v) is 19.6. The summed E-state index contributed by atoms with van der Waals surface area (Å²) in [6.07, 6.45) is -0.676. The number of primary amides is 1. The SMILES string of the molecule is CCc1ccc(OP(=O)(Oc2ccc(CC)cc2)C(CCC(N)=O)NC(=O)C(CC(C)C)NC(=O)C(CCC(=O)O)NC(=O)OCc2ccccc2)cc1. The van der Waals surface area contributed by atoms with Crippen molar-refractivity contribution in [3.8, 4) is 11.5 Å². The van der Waals surface area contributed by atoms with Crippen LogP contribution in [0, 0.1) is 5.92 Å². The van der Waals surface area contributed by atoms with E-state index in [9.17, 15) is 33.6 Å². The number of carbonyl (C=O) groups excluding carboxylic acids is 4. The van der Waals surface area contributed by atoms with Gasteiger partial charge < -0.3 is 40.6 Å². The van der Waals surface area contributed by atoms with Crippen LogP contribution in [0.5, 0.6) is 11.5 Å². The Balaban J connectivity index is 1.91. The van der Waals surface area contributed by atoms with Crippen LogP contribution in [-0.2, 0) is 47.9 Å². The number of aliphatic carboxylic acids is 1. The average molecular weight is 767 g/mol. The van der Waals surface area contributed by atoms with Gasteiger partial charge in [0.2, 0.25) is 17.7 Å². The largest absolute Gasteiger partial charge is 0.481 e. The molecule has 15 heteroatoms. The molecular weight excluding hydrogens is 715 g/mol. The molecular formula is C39H51N4O10P. The van der Waals surface area contributed by atoms with Crippen LogP contribution in [0.1, 0.15) is 76.5 Å². The lowest BCUT2D eigenvalue weighted by molar-refractivity contribution is -0.137. The fraction of sp³-hybridized carbons (Fsp3) is 0.410. The molecule has 0 radical (unpaired) electrons. The Morgan fingerprint density at radius 3 is 1.72 bits per heavy atom. The monoisotopic (exact) mass is 766 g/mol. The molecule has 3 unspecified atom stereocenters. The van der Waals surface area contributed by atoms with E-state index in [0.29, 0.717) is 5.56 Å². The van der Waals surface area contributed by atoms with Gasteiger partial charge in [-0.05, 0) is 79.0 Å². The van der Waals surface area contributed by atoms with E-state index in [0.717, 1.165) is 24.0 Å². The lowest BCUT2D eigenvalue weighted by Gasteiger charge is -2.30. The number of rotatable bonds is 22. The lowest BCUT2D eigenvalue weighted by atomic mass is 10.0. The van der Waals surface area contributed by atoms with E-state index in [2.05, 4.69) is 16.0 Å². The van der Waals surface area contributed by atoms with E-state index in [1.807, 2.05) is 27.7 Å². The number of carboxylic acids is 1. The van der Waals surface area contributed by atoms with E-state index in [4.69, 9.17) is 19.5 Å². The first-order chi connectivity index (χ1) is 25.7. The minimum Gasteiger partial charge on any atom is -0.481 e. The van der Waals surface area contributed by atoms with E-state index in [1.54, 1.807) is 78.9 Å². The molecule has 3 aromatic rings. The van der Waals surface area contributed by atoms with Gasteiger partial charge in [-0.1, -0.05) is 82.3 Å². The maximum atomic E-state index is 14.9. The van der Waals surface area contributed by atoms with Crippen molar-refractivity contribution in [1.29, 1.82) is 0 Å². The normalized spacial score (nSPS) is 12.8. The number of nitrogens with two attached hydrogens (primary N) is 1. The van der Waals surface area contributed by atoms with Gasteiger partial charge in [0, 0.05) is 12.8 Å². The molecule has 3 atom stereocenters. The minimum absolute atomic E-state index is 0.0905. The van der Waals surface area contributed by atoms with Crippen molar-refractivity contribution in [3.05, 3.63) is 95.6 Å². The van der Waals surface area contributed by atoms with Crippen LogP contribution >= 0.6 is 7.60 Å². The van der Waals surface area contributed by atoms with E-state index < -0.39 is 61.7 Å². The van der Waals surface area contributed by atoms with Crippen LogP contribution in [-0.4, -0.2) is 52.8 Å². The van der Waals surface area contributed by atoms with Gasteiger partial charge in [-0.3, -0.25) is 19.2 Å². The molecule has 0 heterocycles. The van der Waals surface area contributed by atoms with Gasteiger partial charge in [-0.15, -0.1) is 0 Å². The van der Waals surface area contributed by atoms with Gasteiger partial charge in [-0.2, -0.15) is 0 Å². The predicted octanol–water partition coefficient (Wildman–Crippen LogP) is 5.86. The second-order valence-corrected chi connectivity index (χ2v) is 15.2. The van der Waals surface area contributed by atoms with Crippen molar-refractivity contribution in [3.63, 3.8) is 0 Å². The number of nitrogens with one attached hydrogen (secondary N) is 3. The average Bonchev–Trinajstić information content (AvgIpc) is 3.14. The number of amides is 4. The third-order valence-electron chi connectivity index (χ3n) is 8.29. The Bertz CT molecular complexity index is 1680. The van der Waals surface area contributed by atoms with Crippen molar-refractivity contribution in [2.75, 3.05) is 0 Å². The summed E-state index contributed by atoms with van der Waals surface area (Å²) in [6, 6.07) is 19.9. The van der Waals surface area contributed by atoms with Crippen molar-refractivity contribution in [1.82, 2.24) is 16.0 Å². The van der Waals surface area contributed by atoms with Crippen LogP contribution < -0.4 is 30.7 Å². The third-order valence-corrected chi connectivity index (χ3v) is 10.4. The molecule has 0 aliphatic carbocycles. The smallest absolute Gasteiger partial charge is 0.452 e. The molecule has 14 nitrogen and oxygen atoms in total. The number of carbonyl (C=O) groups is 5. The Morgan fingerprint density at radius 2 is 1.24 bits per heavy atom. The number of hydrogen-bond donors (Lipinski definition) is 5. The minimum atomic E-state index is -4.42. The predicted molar refractivity (Wildman–Crippen MR) is 203 cm³/mol. The summed E-state index contributed by atoms with van der Waals surface area (Å²) in [5.41, 5.74) is 8.18. The van der Waals surface area contributed by atoms with Gasteiger partial charge in [0.25, 0.3) is 0 Å². The molecule has 0 spiro atoms. The molecule has 3 aromatic carbocycles. The molecule has 4 amide bonds. The number of carboxylic acid groups (broad SMARTS) is 1. The molecule has 6 N–H and O–H groups in total. The maximum Gasteiger partial charge on any atom is 0.452 e. The third kappa shape index (κ3) is 14.6. The molecule has 0 saturated heterocycles. The molecule has 0 fully saturated rings. The molecule has 0 saturated carbocycles. The summed E-state index contributed by atoms with van der Waals surface area (Å²) in [4.78, 5) is 63.8.